The van der Waals surface area contributed by atoms with E-state index in [1.165, 1.54) is 93.7 Å². The van der Waals surface area contributed by atoms with Gasteiger partial charge in [-0.3, -0.25) is 0 Å². The van der Waals surface area contributed by atoms with Crippen LogP contribution in [0.25, 0.3) is 93.7 Å². The van der Waals surface area contributed by atoms with Gasteiger partial charge < -0.3 is 4.40 Å². The topological polar surface area (TPSA) is 4.41 Å². The van der Waals surface area contributed by atoms with Crippen LogP contribution in [0, 0.1) is 0 Å². The highest BCUT2D eigenvalue weighted by Crippen LogP contribution is 2.48. The van der Waals surface area contributed by atoms with E-state index in [4.69, 9.17) is 0 Å². The van der Waals surface area contributed by atoms with Crippen LogP contribution in [0.15, 0.2) is 152 Å². The van der Waals surface area contributed by atoms with E-state index in [-0.39, 0.29) is 0 Å². The molecule has 1 aliphatic carbocycles. The Hall–Kier alpha value is -5.66. The van der Waals surface area contributed by atoms with Crippen molar-refractivity contribution in [1.82, 2.24) is 4.40 Å². The van der Waals surface area contributed by atoms with Gasteiger partial charge in [0.05, 0.1) is 16.6 Å². The first-order chi connectivity index (χ1) is 21.3. The second-order valence-electron chi connectivity index (χ2n) is 11.7. The lowest BCUT2D eigenvalue weighted by Gasteiger charge is -2.23. The Labute approximate surface area is 249 Å². The molecule has 10 rings (SSSR count). The second-order valence-corrected chi connectivity index (χ2v) is 11.7. The molecule has 2 heterocycles. The number of fused-ring (bicyclic) bond motifs is 14. The molecule has 1 heteroatoms. The molecule has 0 radical (unpaired) electrons. The minimum atomic E-state index is 1.23. The van der Waals surface area contributed by atoms with E-state index in [9.17, 15) is 0 Å². The molecule has 7 aromatic carbocycles. The molecule has 0 N–H and O–H groups in total. The molecule has 198 valence electrons. The van der Waals surface area contributed by atoms with Crippen molar-refractivity contribution in [2.45, 2.75) is 0 Å². The van der Waals surface area contributed by atoms with Gasteiger partial charge in [-0.25, -0.2) is 0 Å². The fourth-order valence-electron chi connectivity index (χ4n) is 7.65. The van der Waals surface area contributed by atoms with Crippen LogP contribution >= 0.6 is 0 Å². The van der Waals surface area contributed by atoms with E-state index >= 15 is 0 Å². The largest absolute Gasteiger partial charge is 0.308 e. The Morgan fingerprint density at radius 2 is 0.721 bits per heavy atom. The number of nitrogens with zero attached hydrogens (tertiary/aromatic N) is 1. The normalized spacial score (nSPS) is 12.2. The number of aromatic nitrogens is 1. The number of hydrogen-bond acceptors (Lipinski definition) is 0. The molecule has 2 aromatic heterocycles. The molecule has 0 unspecified atom stereocenters. The van der Waals surface area contributed by atoms with Crippen LogP contribution in [0.5, 0.6) is 0 Å². The van der Waals surface area contributed by atoms with Crippen LogP contribution < -0.4 is 0 Å². The molecule has 1 aliphatic rings. The van der Waals surface area contributed by atoms with Crippen LogP contribution in [-0.4, -0.2) is 4.40 Å². The lowest BCUT2D eigenvalue weighted by atomic mass is 9.80. The van der Waals surface area contributed by atoms with Crippen LogP contribution in [0.3, 0.4) is 0 Å². The van der Waals surface area contributed by atoms with Gasteiger partial charge in [0.1, 0.15) is 0 Å². The minimum Gasteiger partial charge on any atom is -0.308 e. The lowest BCUT2D eigenvalue weighted by Crippen LogP contribution is -1.97. The Bertz CT molecular complexity index is 2560. The fourth-order valence-corrected chi connectivity index (χ4v) is 7.65. The first kappa shape index (κ1) is 23.0. The van der Waals surface area contributed by atoms with E-state index in [2.05, 4.69) is 156 Å². The van der Waals surface area contributed by atoms with Crippen molar-refractivity contribution in [3.05, 3.63) is 152 Å². The van der Waals surface area contributed by atoms with E-state index in [0.717, 1.165) is 0 Å². The van der Waals surface area contributed by atoms with Crippen molar-refractivity contribution in [1.29, 1.82) is 0 Å². The Morgan fingerprint density at radius 3 is 1.35 bits per heavy atom. The molecule has 0 atom stereocenters. The first-order valence-electron chi connectivity index (χ1n) is 15.0. The highest BCUT2D eigenvalue weighted by atomic mass is 14.9. The summed E-state index contributed by atoms with van der Waals surface area (Å²) in [6.07, 6.45) is 0. The predicted molar refractivity (Wildman–Crippen MR) is 182 cm³/mol. The second kappa shape index (κ2) is 8.44. The zero-order chi connectivity index (χ0) is 28.1. The molecular weight excluding hydrogens is 518 g/mol. The quantitative estimate of drug-likeness (QED) is 0.194. The summed E-state index contributed by atoms with van der Waals surface area (Å²) in [5, 5.41) is 5.25. The molecule has 0 saturated carbocycles. The molecule has 0 bridgehead atoms. The molecule has 0 saturated heterocycles. The smallest absolute Gasteiger partial charge is 0.0620 e. The zero-order valence-corrected chi connectivity index (χ0v) is 23.4. The average molecular weight is 544 g/mol. The van der Waals surface area contributed by atoms with Gasteiger partial charge in [0.2, 0.25) is 0 Å². The van der Waals surface area contributed by atoms with Gasteiger partial charge in [-0.05, 0) is 73.8 Å². The van der Waals surface area contributed by atoms with Crippen LogP contribution in [0.1, 0.15) is 0 Å². The third kappa shape index (κ3) is 3.06. The van der Waals surface area contributed by atoms with Crippen molar-refractivity contribution in [2.75, 3.05) is 0 Å². The highest BCUT2D eigenvalue weighted by Gasteiger charge is 2.22. The summed E-state index contributed by atoms with van der Waals surface area (Å²) in [6, 6.07) is 56.1. The van der Waals surface area contributed by atoms with E-state index < -0.39 is 0 Å². The monoisotopic (exact) mass is 543 g/mol. The molecule has 1 nitrogen and oxygen atoms in total. The van der Waals surface area contributed by atoms with E-state index in [0.29, 0.717) is 0 Å². The summed E-state index contributed by atoms with van der Waals surface area (Å²) >= 11 is 0. The van der Waals surface area contributed by atoms with E-state index in [1.807, 2.05) is 0 Å². The third-order valence-corrected chi connectivity index (χ3v) is 9.52. The maximum absolute atomic E-state index is 2.47. The van der Waals surface area contributed by atoms with Gasteiger partial charge in [-0.1, -0.05) is 133 Å². The van der Waals surface area contributed by atoms with Crippen LogP contribution in [0.2, 0.25) is 0 Å². The van der Waals surface area contributed by atoms with Gasteiger partial charge in [0.15, 0.2) is 0 Å². The molecule has 43 heavy (non-hydrogen) atoms. The van der Waals surface area contributed by atoms with Gasteiger partial charge >= 0.3 is 0 Å². The summed E-state index contributed by atoms with van der Waals surface area (Å²) in [6.45, 7) is 0. The maximum Gasteiger partial charge on any atom is 0.0620 e. The van der Waals surface area contributed by atoms with Crippen LogP contribution in [-0.2, 0) is 0 Å². The van der Waals surface area contributed by atoms with Gasteiger partial charge in [0, 0.05) is 21.5 Å². The van der Waals surface area contributed by atoms with Gasteiger partial charge in [-0.2, -0.15) is 0 Å². The van der Waals surface area contributed by atoms with Crippen molar-refractivity contribution in [3.8, 4) is 55.6 Å². The summed E-state index contributed by atoms with van der Waals surface area (Å²) < 4.78 is 2.47. The standard InChI is InChI=1S/C42H25N/c1-2-11-29-28(10-1)30-12-3-4-14-32(30)34-22-20-26(24-39(34)33-15-6-5-13-31(29)33)27-21-23-36-38-18-9-17-37-35-16-7-8-19-40(35)43(42(37)38)41(36)25-27/h1-25H. The lowest BCUT2D eigenvalue weighted by molar-refractivity contribution is 1.37. The SMILES string of the molecule is c1ccc2c(c1)-c1ccccc1-c1ccc(-c3ccc4c5cccc6c7ccccc7n(c4c3)c65)cc1-c1ccccc1-2. The number of rotatable bonds is 1. The van der Waals surface area contributed by atoms with Gasteiger partial charge in [0.25, 0.3) is 0 Å². The molecular formula is C42H25N. The van der Waals surface area contributed by atoms with Crippen LogP contribution in [0.4, 0.5) is 0 Å². The maximum atomic E-state index is 2.47. The Morgan fingerprint density at radius 1 is 0.279 bits per heavy atom. The Kier molecular flexibility index (Phi) is 4.51. The number of benzene rings is 7. The summed E-state index contributed by atoms with van der Waals surface area (Å²) in [4.78, 5) is 0. The molecule has 0 fully saturated rings. The van der Waals surface area contributed by atoms with Crippen molar-refractivity contribution < 1.29 is 0 Å². The Balaban J connectivity index is 1.26. The third-order valence-electron chi connectivity index (χ3n) is 9.52. The molecule has 0 spiro atoms. The molecule has 0 aliphatic heterocycles. The minimum absolute atomic E-state index is 1.23. The first-order valence-corrected chi connectivity index (χ1v) is 15.0. The summed E-state index contributed by atoms with van der Waals surface area (Å²) in [5.41, 5.74) is 16.5. The average Bonchev–Trinajstić information content (AvgIpc) is 3.60. The highest BCUT2D eigenvalue weighted by molar-refractivity contribution is 6.23. The summed E-state index contributed by atoms with van der Waals surface area (Å²) in [7, 11) is 0. The zero-order valence-electron chi connectivity index (χ0n) is 23.4. The van der Waals surface area contributed by atoms with Crippen molar-refractivity contribution in [2.24, 2.45) is 0 Å². The van der Waals surface area contributed by atoms with Crippen molar-refractivity contribution in [3.63, 3.8) is 0 Å². The predicted octanol–water partition coefficient (Wildman–Crippen LogP) is 11.5. The fraction of sp³-hybridized carbons (Fsp3) is 0. The summed E-state index contributed by atoms with van der Waals surface area (Å²) in [5.74, 6) is 0. The number of hydrogen-bond donors (Lipinski definition) is 0. The molecule has 9 aromatic rings. The molecule has 0 amide bonds. The van der Waals surface area contributed by atoms with Crippen molar-refractivity contribution >= 4 is 38.1 Å². The van der Waals surface area contributed by atoms with Gasteiger partial charge in [-0.15, -0.1) is 0 Å². The van der Waals surface area contributed by atoms with E-state index in [1.54, 1.807) is 0 Å². The number of para-hydroxylation sites is 2.